The molecule has 0 saturated carbocycles. The van der Waals surface area contributed by atoms with Crippen LogP contribution in [-0.2, 0) is 9.53 Å². The van der Waals surface area contributed by atoms with Gasteiger partial charge < -0.3 is 10.1 Å². The third kappa shape index (κ3) is 4.29. The van der Waals surface area contributed by atoms with Crippen molar-refractivity contribution in [3.8, 4) is 0 Å². The smallest absolute Gasteiger partial charge is 0.234 e. The van der Waals surface area contributed by atoms with Crippen molar-refractivity contribution in [2.75, 3.05) is 30.5 Å². The quantitative estimate of drug-likeness (QED) is 0.686. The molecule has 0 aliphatic carbocycles. The molecule has 0 atom stereocenters. The highest BCUT2D eigenvalue weighted by atomic mass is 32.2. The van der Waals surface area contributed by atoms with Crippen LogP contribution in [-0.4, -0.2) is 41.3 Å². The number of aromatic amines is 1. The number of amides is 1. The summed E-state index contributed by atoms with van der Waals surface area (Å²) in [6.07, 6.45) is 3.20. The maximum atomic E-state index is 11.3. The van der Waals surface area contributed by atoms with Gasteiger partial charge in [-0.05, 0) is 0 Å². The van der Waals surface area contributed by atoms with Gasteiger partial charge in [0.15, 0.2) is 0 Å². The molecule has 0 aliphatic rings. The number of anilines is 1. The molecule has 1 amide bonds. The Kier molecular flexibility index (Phi) is 5.09. The number of carbonyl (C=O) groups is 1. The van der Waals surface area contributed by atoms with Crippen LogP contribution in [0.15, 0.2) is 12.4 Å². The average molecular weight is 215 g/mol. The monoisotopic (exact) mass is 215 g/mol. The number of methoxy groups -OCH3 is 1. The van der Waals surface area contributed by atoms with E-state index in [1.807, 2.05) is 0 Å². The van der Waals surface area contributed by atoms with Crippen LogP contribution in [0.3, 0.4) is 0 Å². The highest BCUT2D eigenvalue weighted by Gasteiger charge is 2.02. The van der Waals surface area contributed by atoms with Crippen LogP contribution in [0, 0.1) is 0 Å². The molecule has 6 heteroatoms. The fraction of sp³-hybridized carbons (Fsp3) is 0.500. The number of aromatic nitrogens is 2. The Labute approximate surface area is 86.6 Å². The SMILES string of the molecule is COCCSCC(=O)Nc1cn[nH]c1. The summed E-state index contributed by atoms with van der Waals surface area (Å²) in [5, 5.41) is 9.04. The third-order valence-electron chi connectivity index (χ3n) is 1.45. The second-order valence-electron chi connectivity index (χ2n) is 2.58. The maximum Gasteiger partial charge on any atom is 0.234 e. The molecular weight excluding hydrogens is 202 g/mol. The van der Waals surface area contributed by atoms with Crippen LogP contribution in [0.4, 0.5) is 5.69 Å². The molecule has 0 aromatic carbocycles. The molecule has 0 radical (unpaired) electrons. The Bertz CT molecular complexity index is 264. The average Bonchev–Trinajstić information content (AvgIpc) is 2.65. The van der Waals surface area contributed by atoms with Crippen molar-refractivity contribution in [1.29, 1.82) is 0 Å². The maximum absolute atomic E-state index is 11.3. The molecule has 0 saturated heterocycles. The zero-order valence-electron chi connectivity index (χ0n) is 7.95. The van der Waals surface area contributed by atoms with Crippen LogP contribution < -0.4 is 5.32 Å². The lowest BCUT2D eigenvalue weighted by Gasteiger charge is -2.01. The van der Waals surface area contributed by atoms with Gasteiger partial charge in [0.1, 0.15) is 0 Å². The molecule has 0 fully saturated rings. The lowest BCUT2D eigenvalue weighted by Crippen LogP contribution is -2.14. The largest absolute Gasteiger partial charge is 0.384 e. The van der Waals surface area contributed by atoms with Gasteiger partial charge >= 0.3 is 0 Å². The van der Waals surface area contributed by atoms with Crippen LogP contribution in [0.2, 0.25) is 0 Å². The number of rotatable bonds is 6. The molecule has 0 aliphatic heterocycles. The number of thioether (sulfide) groups is 1. The van der Waals surface area contributed by atoms with Gasteiger partial charge in [-0.1, -0.05) is 0 Å². The first-order valence-electron chi connectivity index (χ1n) is 4.18. The Morgan fingerprint density at radius 1 is 1.79 bits per heavy atom. The first kappa shape index (κ1) is 11.1. The molecule has 78 valence electrons. The topological polar surface area (TPSA) is 67.0 Å². The summed E-state index contributed by atoms with van der Waals surface area (Å²) in [5.74, 6) is 1.25. The molecule has 0 unspecified atom stereocenters. The predicted octanol–water partition coefficient (Wildman–Crippen LogP) is 0.728. The lowest BCUT2D eigenvalue weighted by atomic mass is 10.5. The van der Waals surface area contributed by atoms with Crippen LogP contribution in [0.1, 0.15) is 0 Å². The number of ether oxygens (including phenoxy) is 1. The Hall–Kier alpha value is -1.01. The summed E-state index contributed by atoms with van der Waals surface area (Å²) in [6.45, 7) is 0.670. The second kappa shape index (κ2) is 6.44. The summed E-state index contributed by atoms with van der Waals surface area (Å²) in [5.41, 5.74) is 0.697. The minimum Gasteiger partial charge on any atom is -0.384 e. The minimum atomic E-state index is -0.0208. The van der Waals surface area contributed by atoms with E-state index in [9.17, 15) is 4.79 Å². The van der Waals surface area contributed by atoms with Gasteiger partial charge in [0.2, 0.25) is 5.91 Å². The number of nitrogens with zero attached hydrogens (tertiary/aromatic N) is 1. The molecular formula is C8H13N3O2S. The molecule has 2 N–H and O–H groups in total. The van der Waals surface area contributed by atoms with Gasteiger partial charge in [-0.15, -0.1) is 11.8 Å². The van der Waals surface area contributed by atoms with E-state index in [-0.39, 0.29) is 5.91 Å². The van der Waals surface area contributed by atoms with Crippen molar-refractivity contribution in [2.24, 2.45) is 0 Å². The van der Waals surface area contributed by atoms with Gasteiger partial charge in [0.25, 0.3) is 0 Å². The van der Waals surface area contributed by atoms with Crippen LogP contribution in [0.25, 0.3) is 0 Å². The standard InChI is InChI=1S/C8H13N3O2S/c1-13-2-3-14-6-8(12)11-7-4-9-10-5-7/h4-5H,2-3,6H2,1H3,(H,9,10)(H,11,12). The number of hydrogen-bond acceptors (Lipinski definition) is 4. The third-order valence-corrected chi connectivity index (χ3v) is 2.37. The first-order chi connectivity index (χ1) is 6.83. The van der Waals surface area contributed by atoms with Crippen LogP contribution >= 0.6 is 11.8 Å². The molecule has 14 heavy (non-hydrogen) atoms. The van der Waals surface area contributed by atoms with Gasteiger partial charge in [0, 0.05) is 19.1 Å². The molecule has 1 heterocycles. The van der Waals surface area contributed by atoms with E-state index in [2.05, 4.69) is 15.5 Å². The number of nitrogens with one attached hydrogen (secondary N) is 2. The Balaban J connectivity index is 2.11. The van der Waals surface area contributed by atoms with Crippen LogP contribution in [0.5, 0.6) is 0 Å². The molecule has 1 aromatic heterocycles. The highest BCUT2D eigenvalue weighted by molar-refractivity contribution is 7.99. The van der Waals surface area contributed by atoms with Gasteiger partial charge in [-0.25, -0.2) is 0 Å². The number of carbonyl (C=O) groups excluding carboxylic acids is 1. The van der Waals surface area contributed by atoms with Crippen molar-refractivity contribution < 1.29 is 9.53 Å². The van der Waals surface area contributed by atoms with Gasteiger partial charge in [0.05, 0.1) is 24.2 Å². The summed E-state index contributed by atoms with van der Waals surface area (Å²) in [6, 6.07) is 0. The van der Waals surface area contributed by atoms with E-state index in [4.69, 9.17) is 4.74 Å². The fourth-order valence-corrected chi connectivity index (χ4v) is 1.51. The van der Waals surface area contributed by atoms with E-state index >= 15 is 0 Å². The molecule has 1 aromatic rings. The van der Waals surface area contributed by atoms with E-state index in [0.717, 1.165) is 5.75 Å². The van der Waals surface area contributed by atoms with Gasteiger partial charge in [-0.3, -0.25) is 9.89 Å². The second-order valence-corrected chi connectivity index (χ2v) is 3.69. The lowest BCUT2D eigenvalue weighted by molar-refractivity contribution is -0.113. The van der Waals surface area contributed by atoms with Crippen molar-refractivity contribution in [3.63, 3.8) is 0 Å². The van der Waals surface area contributed by atoms with Crippen molar-refractivity contribution >= 4 is 23.4 Å². The van der Waals surface area contributed by atoms with Crippen molar-refractivity contribution in [1.82, 2.24) is 10.2 Å². The summed E-state index contributed by atoms with van der Waals surface area (Å²) >= 11 is 1.54. The normalized spacial score (nSPS) is 10.1. The summed E-state index contributed by atoms with van der Waals surface area (Å²) in [7, 11) is 1.64. The number of H-pyrrole nitrogens is 1. The van der Waals surface area contributed by atoms with E-state index in [0.29, 0.717) is 18.0 Å². The zero-order valence-corrected chi connectivity index (χ0v) is 8.76. The van der Waals surface area contributed by atoms with E-state index in [1.165, 1.54) is 0 Å². The number of hydrogen-bond donors (Lipinski definition) is 2. The molecule has 0 bridgehead atoms. The summed E-state index contributed by atoms with van der Waals surface area (Å²) < 4.78 is 4.86. The molecule has 5 nitrogen and oxygen atoms in total. The zero-order chi connectivity index (χ0) is 10.2. The van der Waals surface area contributed by atoms with E-state index < -0.39 is 0 Å². The Morgan fingerprint density at radius 2 is 2.64 bits per heavy atom. The predicted molar refractivity (Wildman–Crippen MR) is 56.4 cm³/mol. The molecule has 1 rings (SSSR count). The van der Waals surface area contributed by atoms with E-state index in [1.54, 1.807) is 31.3 Å². The summed E-state index contributed by atoms with van der Waals surface area (Å²) in [4.78, 5) is 11.3. The fourth-order valence-electron chi connectivity index (χ4n) is 0.823. The highest BCUT2D eigenvalue weighted by Crippen LogP contribution is 2.04. The minimum absolute atomic E-state index is 0.0208. The van der Waals surface area contributed by atoms with Crippen molar-refractivity contribution in [3.05, 3.63) is 12.4 Å². The van der Waals surface area contributed by atoms with Gasteiger partial charge in [-0.2, -0.15) is 5.10 Å². The van der Waals surface area contributed by atoms with Crippen molar-refractivity contribution in [2.45, 2.75) is 0 Å². The molecule has 0 spiro atoms. The Morgan fingerprint density at radius 3 is 3.29 bits per heavy atom. The first-order valence-corrected chi connectivity index (χ1v) is 5.33.